The Bertz CT molecular complexity index is 1040. The van der Waals surface area contributed by atoms with Crippen molar-refractivity contribution in [2.75, 3.05) is 33.9 Å². The molecule has 3 rings (SSSR count). The number of fused-ring (bicyclic) bond motifs is 1. The summed E-state index contributed by atoms with van der Waals surface area (Å²) in [6.45, 7) is 3.00. The molecule has 9 nitrogen and oxygen atoms in total. The molecule has 36 heavy (non-hydrogen) atoms. The van der Waals surface area contributed by atoms with E-state index in [1.165, 1.54) is 0 Å². The number of carboxylic acid groups (broad SMARTS) is 1. The Labute approximate surface area is 211 Å². The molecule has 0 saturated heterocycles. The van der Waals surface area contributed by atoms with Gasteiger partial charge in [-0.2, -0.15) is 0 Å². The van der Waals surface area contributed by atoms with Gasteiger partial charge in [-0.3, -0.25) is 14.5 Å². The van der Waals surface area contributed by atoms with Crippen molar-refractivity contribution < 1.29 is 33.7 Å². The number of carbonyl (C=O) groups excluding carboxylic acids is 2. The molecule has 1 heterocycles. The number of hydrogen-bond donors (Lipinski definition) is 2. The third-order valence-electron chi connectivity index (χ3n) is 6.43. The highest BCUT2D eigenvalue weighted by Crippen LogP contribution is 2.34. The van der Waals surface area contributed by atoms with Crippen molar-refractivity contribution >= 4 is 18.2 Å². The average Bonchev–Trinajstić information content (AvgIpc) is 2.89. The molecule has 0 bridgehead atoms. The fourth-order valence-corrected chi connectivity index (χ4v) is 4.57. The fraction of sp³-hybridized carbons (Fsp3) is 0.444. The van der Waals surface area contributed by atoms with Gasteiger partial charge in [0.15, 0.2) is 11.5 Å². The summed E-state index contributed by atoms with van der Waals surface area (Å²) < 4.78 is 16.0. The van der Waals surface area contributed by atoms with Crippen LogP contribution in [0.5, 0.6) is 11.5 Å². The lowest BCUT2D eigenvalue weighted by Gasteiger charge is -2.36. The van der Waals surface area contributed by atoms with Crippen LogP contribution in [0.2, 0.25) is 0 Å². The van der Waals surface area contributed by atoms with Crippen molar-refractivity contribution in [2.45, 2.75) is 44.3 Å². The normalized spacial score (nSPS) is 16.9. The first-order chi connectivity index (χ1) is 17.4. The van der Waals surface area contributed by atoms with Crippen LogP contribution in [0, 0.1) is 0 Å². The minimum atomic E-state index is -0.952. The lowest BCUT2D eigenvalue weighted by atomic mass is 9.92. The van der Waals surface area contributed by atoms with E-state index in [2.05, 4.69) is 5.32 Å². The highest BCUT2D eigenvalue weighted by Gasteiger charge is 2.34. The SMILES string of the molecule is CCOC(=O)[C@@H](CCN[C@@H](C=O)CN1Cc2cc(OC)c(OC)cc2C[C@H]1C(=O)O)c1ccccc1. The van der Waals surface area contributed by atoms with E-state index in [0.717, 1.165) is 23.0 Å². The van der Waals surface area contributed by atoms with Crippen LogP contribution in [0.3, 0.4) is 0 Å². The summed E-state index contributed by atoms with van der Waals surface area (Å²) in [4.78, 5) is 38.3. The van der Waals surface area contributed by atoms with E-state index in [0.29, 0.717) is 31.0 Å². The molecule has 0 aliphatic carbocycles. The second-order valence-corrected chi connectivity index (χ2v) is 8.66. The second-order valence-electron chi connectivity index (χ2n) is 8.66. The summed E-state index contributed by atoms with van der Waals surface area (Å²) in [6, 6.07) is 11.7. The van der Waals surface area contributed by atoms with Crippen LogP contribution in [-0.4, -0.2) is 74.2 Å². The van der Waals surface area contributed by atoms with Crippen molar-refractivity contribution in [3.05, 3.63) is 59.2 Å². The predicted octanol–water partition coefficient (Wildman–Crippen LogP) is 2.41. The van der Waals surface area contributed by atoms with Crippen LogP contribution >= 0.6 is 0 Å². The zero-order chi connectivity index (χ0) is 26.1. The zero-order valence-electron chi connectivity index (χ0n) is 20.9. The number of nitrogens with one attached hydrogen (secondary N) is 1. The van der Waals surface area contributed by atoms with Gasteiger partial charge in [0.05, 0.1) is 32.8 Å². The van der Waals surface area contributed by atoms with Gasteiger partial charge in [-0.25, -0.2) is 0 Å². The number of esters is 1. The number of aldehydes is 1. The minimum absolute atomic E-state index is 0.212. The van der Waals surface area contributed by atoms with Gasteiger partial charge in [0, 0.05) is 13.1 Å². The summed E-state index contributed by atoms with van der Waals surface area (Å²) in [5, 5.41) is 13.1. The number of aliphatic carboxylic acids is 1. The van der Waals surface area contributed by atoms with E-state index in [9.17, 15) is 19.5 Å². The maximum atomic E-state index is 12.5. The molecule has 0 amide bonds. The Morgan fingerprint density at radius 1 is 1.14 bits per heavy atom. The number of carboxylic acids is 1. The molecule has 3 atom stereocenters. The van der Waals surface area contributed by atoms with Gasteiger partial charge in [-0.1, -0.05) is 30.3 Å². The minimum Gasteiger partial charge on any atom is -0.493 e. The van der Waals surface area contributed by atoms with E-state index in [4.69, 9.17) is 14.2 Å². The summed E-state index contributed by atoms with van der Waals surface area (Å²) in [5.41, 5.74) is 2.66. The number of ether oxygens (including phenoxy) is 3. The molecule has 0 unspecified atom stereocenters. The first-order valence-electron chi connectivity index (χ1n) is 12.0. The standard InChI is InChI=1S/C27H34N2O7/c1-4-36-27(33)22(18-8-6-5-7-9-18)10-11-28-21(17-30)16-29-15-20-14-25(35-3)24(34-2)13-19(20)12-23(29)26(31)32/h5-9,13-14,17,21-23,28H,4,10-12,15-16H2,1-3H3,(H,31,32)/t21-,22+,23+/m1/s1. The second kappa shape index (κ2) is 13.0. The van der Waals surface area contributed by atoms with Gasteiger partial charge in [-0.15, -0.1) is 0 Å². The quantitative estimate of drug-likeness (QED) is 0.317. The predicted molar refractivity (Wildman–Crippen MR) is 133 cm³/mol. The van der Waals surface area contributed by atoms with Gasteiger partial charge in [0.2, 0.25) is 0 Å². The Morgan fingerprint density at radius 3 is 2.39 bits per heavy atom. The van der Waals surface area contributed by atoms with Gasteiger partial charge in [0.25, 0.3) is 0 Å². The summed E-state index contributed by atoms with van der Waals surface area (Å²) in [7, 11) is 3.09. The largest absolute Gasteiger partial charge is 0.493 e. The lowest BCUT2D eigenvalue weighted by Crippen LogP contribution is -2.51. The van der Waals surface area contributed by atoms with Crippen molar-refractivity contribution in [3.8, 4) is 11.5 Å². The summed E-state index contributed by atoms with van der Waals surface area (Å²) in [6.07, 6.45) is 1.51. The molecule has 0 aromatic heterocycles. The zero-order valence-corrected chi connectivity index (χ0v) is 20.9. The fourth-order valence-electron chi connectivity index (χ4n) is 4.57. The molecule has 2 aromatic carbocycles. The molecule has 1 aliphatic heterocycles. The van der Waals surface area contributed by atoms with E-state index in [1.807, 2.05) is 42.5 Å². The Balaban J connectivity index is 1.69. The molecule has 1 aliphatic rings. The van der Waals surface area contributed by atoms with Crippen LogP contribution in [0.15, 0.2) is 42.5 Å². The molecule has 2 aromatic rings. The first kappa shape index (κ1) is 27.2. The van der Waals surface area contributed by atoms with Crippen LogP contribution in [0.4, 0.5) is 0 Å². The smallest absolute Gasteiger partial charge is 0.321 e. The average molecular weight is 499 g/mol. The van der Waals surface area contributed by atoms with Crippen LogP contribution in [-0.2, 0) is 32.1 Å². The molecule has 0 saturated carbocycles. The Morgan fingerprint density at radius 2 is 1.81 bits per heavy atom. The highest BCUT2D eigenvalue weighted by atomic mass is 16.5. The van der Waals surface area contributed by atoms with E-state index in [-0.39, 0.29) is 25.5 Å². The number of rotatable bonds is 13. The maximum absolute atomic E-state index is 12.5. The number of carbonyl (C=O) groups is 3. The molecule has 0 spiro atoms. The van der Waals surface area contributed by atoms with Crippen molar-refractivity contribution in [2.24, 2.45) is 0 Å². The lowest BCUT2D eigenvalue weighted by molar-refractivity contribution is -0.145. The van der Waals surface area contributed by atoms with Crippen molar-refractivity contribution in [1.29, 1.82) is 0 Å². The molecule has 0 radical (unpaired) electrons. The summed E-state index contributed by atoms with van der Waals surface area (Å²) in [5.74, 6) is -0.596. The summed E-state index contributed by atoms with van der Waals surface area (Å²) >= 11 is 0. The van der Waals surface area contributed by atoms with E-state index >= 15 is 0 Å². The molecule has 9 heteroatoms. The molecule has 2 N–H and O–H groups in total. The first-order valence-corrected chi connectivity index (χ1v) is 12.0. The molecular formula is C27H34N2O7. The Hall–Kier alpha value is -3.43. The van der Waals surface area contributed by atoms with Crippen LogP contribution in [0.1, 0.15) is 36.0 Å². The van der Waals surface area contributed by atoms with Gasteiger partial charge in [-0.05, 0) is 55.1 Å². The third-order valence-corrected chi connectivity index (χ3v) is 6.43. The number of nitrogens with zero attached hydrogens (tertiary/aromatic N) is 1. The van der Waals surface area contributed by atoms with Gasteiger partial charge < -0.3 is 29.4 Å². The van der Waals surface area contributed by atoms with Crippen molar-refractivity contribution in [1.82, 2.24) is 10.2 Å². The number of benzene rings is 2. The highest BCUT2D eigenvalue weighted by molar-refractivity contribution is 5.78. The van der Waals surface area contributed by atoms with Gasteiger partial charge >= 0.3 is 11.9 Å². The molecular weight excluding hydrogens is 464 g/mol. The maximum Gasteiger partial charge on any atom is 0.321 e. The van der Waals surface area contributed by atoms with Gasteiger partial charge in [0.1, 0.15) is 12.3 Å². The van der Waals surface area contributed by atoms with Crippen molar-refractivity contribution in [3.63, 3.8) is 0 Å². The van der Waals surface area contributed by atoms with Crippen LogP contribution < -0.4 is 14.8 Å². The van der Waals surface area contributed by atoms with E-state index in [1.54, 1.807) is 26.0 Å². The molecule has 0 fully saturated rings. The number of hydrogen-bond acceptors (Lipinski definition) is 8. The molecule has 194 valence electrons. The van der Waals surface area contributed by atoms with E-state index < -0.39 is 24.0 Å². The Kier molecular flexibility index (Phi) is 9.84. The van der Waals surface area contributed by atoms with Crippen LogP contribution in [0.25, 0.3) is 0 Å². The third kappa shape index (κ3) is 6.61. The number of methoxy groups -OCH3 is 2. The monoisotopic (exact) mass is 498 g/mol. The topological polar surface area (TPSA) is 114 Å².